The lowest BCUT2D eigenvalue weighted by molar-refractivity contribution is -0.176. The van der Waals surface area contributed by atoms with Gasteiger partial charge in [-0.05, 0) is 12.8 Å². The Bertz CT molecular complexity index is 657. The molecule has 1 saturated heterocycles. The Morgan fingerprint density at radius 2 is 2.14 bits per heavy atom. The number of halogens is 3. The molecule has 0 spiro atoms. The van der Waals surface area contributed by atoms with E-state index in [0.717, 1.165) is 0 Å². The van der Waals surface area contributed by atoms with Crippen molar-refractivity contribution in [3.63, 3.8) is 0 Å². The van der Waals surface area contributed by atoms with Crippen LogP contribution in [0.5, 0.6) is 0 Å². The van der Waals surface area contributed by atoms with Crippen LogP contribution in [0.2, 0.25) is 0 Å². The largest absolute Gasteiger partial charge is 0.394 e. The maximum absolute atomic E-state index is 12.9. The molecule has 9 heteroatoms. The molecule has 1 aliphatic rings. The summed E-state index contributed by atoms with van der Waals surface area (Å²) in [6.07, 6.45) is -0.702. The molecule has 0 unspecified atom stereocenters. The number of aliphatic hydroxyl groups is 1. The molecule has 0 aliphatic carbocycles. The van der Waals surface area contributed by atoms with Gasteiger partial charge in [-0.15, -0.1) is 0 Å². The molecule has 0 bridgehead atoms. The molecule has 1 aliphatic heterocycles. The van der Waals surface area contributed by atoms with E-state index in [1.165, 1.54) is 17.2 Å². The van der Waals surface area contributed by atoms with Gasteiger partial charge in [-0.25, -0.2) is 14.6 Å². The number of rotatable bonds is 3. The summed E-state index contributed by atoms with van der Waals surface area (Å²) in [4.78, 5) is 9.91. The van der Waals surface area contributed by atoms with Gasteiger partial charge in [0, 0.05) is 13.1 Å². The molecule has 1 N–H and O–H groups in total. The van der Waals surface area contributed by atoms with E-state index in [4.69, 9.17) is 5.11 Å². The van der Waals surface area contributed by atoms with Crippen LogP contribution in [0.3, 0.4) is 0 Å². The van der Waals surface area contributed by atoms with E-state index in [1.54, 1.807) is 4.90 Å². The number of aromatic nitrogens is 4. The van der Waals surface area contributed by atoms with E-state index in [0.29, 0.717) is 29.8 Å². The third kappa shape index (κ3) is 2.72. The molecule has 3 rings (SSSR count). The predicted octanol–water partition coefficient (Wildman–Crippen LogP) is 1.60. The SMILES string of the molecule is OCCn1ncc2c(N3CCC[C@H](C(F)(F)F)C3)ncnc21. The van der Waals surface area contributed by atoms with Gasteiger partial charge in [0.1, 0.15) is 12.1 Å². The standard InChI is InChI=1S/C13H16F3N5O/c14-13(15,16)9-2-1-3-20(7-9)11-10-6-19-21(4-5-22)12(10)18-8-17-11/h6,8-9,22H,1-5,7H2/t9-/m0/s1. The van der Waals surface area contributed by atoms with Gasteiger partial charge in [0.05, 0.1) is 30.7 Å². The Kier molecular flexibility index (Phi) is 3.90. The highest BCUT2D eigenvalue weighted by atomic mass is 19.4. The fraction of sp³-hybridized carbons (Fsp3) is 0.615. The maximum Gasteiger partial charge on any atom is 0.393 e. The third-order valence-corrected chi connectivity index (χ3v) is 3.91. The van der Waals surface area contributed by atoms with Crippen LogP contribution >= 0.6 is 0 Å². The van der Waals surface area contributed by atoms with Crippen LogP contribution in [0.4, 0.5) is 19.0 Å². The smallest absolute Gasteiger partial charge is 0.393 e. The second-order valence-corrected chi connectivity index (χ2v) is 5.35. The highest BCUT2D eigenvalue weighted by Crippen LogP contribution is 2.35. The van der Waals surface area contributed by atoms with Crippen LogP contribution in [0.1, 0.15) is 12.8 Å². The Labute approximate surface area is 124 Å². The zero-order valence-corrected chi connectivity index (χ0v) is 11.8. The van der Waals surface area contributed by atoms with Crippen LogP contribution in [0.25, 0.3) is 11.0 Å². The minimum atomic E-state index is -4.19. The fourth-order valence-electron chi connectivity index (χ4n) is 2.83. The lowest BCUT2D eigenvalue weighted by Crippen LogP contribution is -2.42. The molecule has 1 atom stereocenters. The van der Waals surface area contributed by atoms with E-state index in [1.807, 2.05) is 0 Å². The number of fused-ring (bicyclic) bond motifs is 1. The van der Waals surface area contributed by atoms with E-state index in [-0.39, 0.29) is 26.1 Å². The van der Waals surface area contributed by atoms with Crippen LogP contribution < -0.4 is 4.90 Å². The summed E-state index contributed by atoms with van der Waals surface area (Å²) >= 11 is 0. The second kappa shape index (κ2) is 5.71. The highest BCUT2D eigenvalue weighted by Gasteiger charge is 2.42. The van der Waals surface area contributed by atoms with Gasteiger partial charge in [-0.1, -0.05) is 0 Å². The number of hydrogen-bond donors (Lipinski definition) is 1. The molecule has 2 aromatic heterocycles. The zero-order valence-electron chi connectivity index (χ0n) is 11.8. The summed E-state index contributed by atoms with van der Waals surface area (Å²) in [5, 5.41) is 13.7. The summed E-state index contributed by atoms with van der Waals surface area (Å²) in [6, 6.07) is 0. The van der Waals surface area contributed by atoms with Gasteiger partial charge in [0.25, 0.3) is 0 Å². The molecule has 120 valence electrons. The number of anilines is 1. The molecule has 22 heavy (non-hydrogen) atoms. The zero-order chi connectivity index (χ0) is 15.7. The number of piperidine rings is 1. The van der Waals surface area contributed by atoms with Gasteiger partial charge >= 0.3 is 6.18 Å². The molecule has 0 amide bonds. The number of aliphatic hydroxyl groups excluding tert-OH is 1. The van der Waals surface area contributed by atoms with E-state index >= 15 is 0 Å². The monoisotopic (exact) mass is 315 g/mol. The third-order valence-electron chi connectivity index (χ3n) is 3.91. The van der Waals surface area contributed by atoms with Crippen molar-refractivity contribution >= 4 is 16.9 Å². The number of alkyl halides is 3. The lowest BCUT2D eigenvalue weighted by Gasteiger charge is -2.34. The van der Waals surface area contributed by atoms with Crippen molar-refractivity contribution in [3.05, 3.63) is 12.5 Å². The minimum absolute atomic E-state index is 0.0873. The normalized spacial score (nSPS) is 19.8. The van der Waals surface area contributed by atoms with Gasteiger partial charge in [-0.3, -0.25) is 0 Å². The Morgan fingerprint density at radius 3 is 2.86 bits per heavy atom. The van der Waals surface area contributed by atoms with Crippen molar-refractivity contribution in [1.29, 1.82) is 0 Å². The molecule has 0 radical (unpaired) electrons. The summed E-state index contributed by atoms with van der Waals surface area (Å²) < 4.78 is 40.4. The van der Waals surface area contributed by atoms with Gasteiger partial charge in [0.15, 0.2) is 5.65 Å². The first-order valence-electron chi connectivity index (χ1n) is 7.09. The van der Waals surface area contributed by atoms with Crippen molar-refractivity contribution in [3.8, 4) is 0 Å². The Balaban J connectivity index is 1.93. The van der Waals surface area contributed by atoms with Crippen molar-refractivity contribution < 1.29 is 18.3 Å². The maximum atomic E-state index is 12.9. The summed E-state index contributed by atoms with van der Waals surface area (Å²) in [6.45, 7) is 0.631. The molecule has 6 nitrogen and oxygen atoms in total. The first-order chi connectivity index (χ1) is 10.5. The quantitative estimate of drug-likeness (QED) is 0.932. The van der Waals surface area contributed by atoms with Crippen molar-refractivity contribution in [2.24, 2.45) is 5.92 Å². The number of hydrogen-bond acceptors (Lipinski definition) is 5. The van der Waals surface area contributed by atoms with Crippen LogP contribution in [-0.2, 0) is 6.54 Å². The molecule has 0 saturated carbocycles. The fourth-order valence-corrected chi connectivity index (χ4v) is 2.83. The van der Waals surface area contributed by atoms with E-state index in [9.17, 15) is 13.2 Å². The van der Waals surface area contributed by atoms with Crippen LogP contribution in [-0.4, -0.2) is 50.7 Å². The van der Waals surface area contributed by atoms with Gasteiger partial charge < -0.3 is 10.0 Å². The highest BCUT2D eigenvalue weighted by molar-refractivity contribution is 5.86. The molecular weight excluding hydrogens is 299 g/mol. The lowest BCUT2D eigenvalue weighted by atomic mass is 9.97. The van der Waals surface area contributed by atoms with E-state index in [2.05, 4.69) is 15.1 Å². The summed E-state index contributed by atoms with van der Waals surface area (Å²) in [5.74, 6) is -0.859. The van der Waals surface area contributed by atoms with Crippen LogP contribution in [0, 0.1) is 5.92 Å². The van der Waals surface area contributed by atoms with E-state index < -0.39 is 12.1 Å². The first kappa shape index (κ1) is 15.0. The molecular formula is C13H16F3N5O. The predicted molar refractivity (Wildman–Crippen MR) is 73.4 cm³/mol. The second-order valence-electron chi connectivity index (χ2n) is 5.35. The Morgan fingerprint density at radius 1 is 1.32 bits per heavy atom. The molecule has 2 aromatic rings. The molecule has 1 fully saturated rings. The molecule has 3 heterocycles. The molecule has 0 aromatic carbocycles. The average Bonchev–Trinajstić information content (AvgIpc) is 2.90. The van der Waals surface area contributed by atoms with Crippen molar-refractivity contribution in [2.75, 3.05) is 24.6 Å². The van der Waals surface area contributed by atoms with Gasteiger partial charge in [-0.2, -0.15) is 18.3 Å². The van der Waals surface area contributed by atoms with Crippen molar-refractivity contribution in [2.45, 2.75) is 25.6 Å². The van der Waals surface area contributed by atoms with Crippen LogP contribution in [0.15, 0.2) is 12.5 Å². The Hall–Kier alpha value is -1.90. The average molecular weight is 315 g/mol. The number of nitrogens with zero attached hydrogens (tertiary/aromatic N) is 5. The summed E-state index contributed by atoms with van der Waals surface area (Å²) in [7, 11) is 0. The van der Waals surface area contributed by atoms with Gasteiger partial charge in [0.2, 0.25) is 0 Å². The summed E-state index contributed by atoms with van der Waals surface area (Å²) in [5.41, 5.74) is 0.521. The minimum Gasteiger partial charge on any atom is -0.394 e. The topological polar surface area (TPSA) is 67.1 Å². The first-order valence-corrected chi connectivity index (χ1v) is 7.09. The van der Waals surface area contributed by atoms with Crippen molar-refractivity contribution in [1.82, 2.24) is 19.7 Å².